The van der Waals surface area contributed by atoms with Crippen LogP contribution >= 0.6 is 0 Å². The number of aromatic nitrogens is 2. The fraction of sp³-hybridized carbons (Fsp3) is 0.545. The van der Waals surface area contributed by atoms with Gasteiger partial charge in [-0.1, -0.05) is 0 Å². The molecule has 3 saturated carbocycles. The summed E-state index contributed by atoms with van der Waals surface area (Å²) in [6.07, 6.45) is 4.81. The Balaban J connectivity index is 1.45. The minimum Gasteiger partial charge on any atom is -0.427 e. The lowest BCUT2D eigenvalue weighted by Crippen LogP contribution is -2.57. The van der Waals surface area contributed by atoms with E-state index in [1.807, 2.05) is 0 Å². The van der Waals surface area contributed by atoms with Gasteiger partial charge in [-0.15, -0.1) is 0 Å². The molecule has 3 aliphatic carbocycles. The number of nitrogens with zero attached hydrogens (tertiary/aromatic N) is 2. The first kappa shape index (κ1) is 10.4. The standard InChI is InChI=1S/C11H11FN2O3/c12-8-4-13-10(14-5-8)17-6-16-9(15)11-1-7(2-11)3-11/h4-5,7H,1-3,6H2. The molecular weight excluding hydrogens is 227 g/mol. The van der Waals surface area contributed by atoms with Crippen molar-refractivity contribution in [2.24, 2.45) is 11.3 Å². The summed E-state index contributed by atoms with van der Waals surface area (Å²) in [6.45, 7) is -0.225. The highest BCUT2D eigenvalue weighted by Gasteiger charge is 2.62. The molecule has 4 rings (SSSR count). The summed E-state index contributed by atoms with van der Waals surface area (Å²) in [5.74, 6) is -0.0192. The first-order valence-electron chi connectivity index (χ1n) is 5.46. The topological polar surface area (TPSA) is 61.3 Å². The molecule has 5 nitrogen and oxygen atoms in total. The lowest BCUT2D eigenvalue weighted by Gasteiger charge is -2.59. The molecule has 0 saturated heterocycles. The van der Waals surface area contributed by atoms with Crippen LogP contribution in [0.15, 0.2) is 12.4 Å². The number of carbonyl (C=O) groups excluding carboxylic acids is 1. The Morgan fingerprint density at radius 3 is 2.59 bits per heavy atom. The van der Waals surface area contributed by atoms with Crippen molar-refractivity contribution in [2.45, 2.75) is 19.3 Å². The van der Waals surface area contributed by atoms with Gasteiger partial charge in [0.25, 0.3) is 0 Å². The molecule has 17 heavy (non-hydrogen) atoms. The Morgan fingerprint density at radius 2 is 2.06 bits per heavy atom. The maximum absolute atomic E-state index is 12.5. The Bertz CT molecular complexity index is 432. The monoisotopic (exact) mass is 238 g/mol. The molecule has 3 aliphatic rings. The summed E-state index contributed by atoms with van der Waals surface area (Å²) in [5, 5.41) is 0. The van der Waals surface area contributed by atoms with Crippen molar-refractivity contribution in [3.63, 3.8) is 0 Å². The SMILES string of the molecule is O=C(OCOc1ncc(F)cn1)C12CC(C1)C2. The number of rotatable bonds is 4. The van der Waals surface area contributed by atoms with E-state index in [0.717, 1.165) is 37.6 Å². The zero-order valence-electron chi connectivity index (χ0n) is 9.06. The number of esters is 1. The van der Waals surface area contributed by atoms with E-state index < -0.39 is 5.82 Å². The summed E-state index contributed by atoms with van der Waals surface area (Å²) >= 11 is 0. The molecule has 0 atom stereocenters. The zero-order valence-corrected chi connectivity index (χ0v) is 9.06. The maximum Gasteiger partial charge on any atom is 0.319 e. The molecule has 90 valence electrons. The van der Waals surface area contributed by atoms with Crippen LogP contribution in [0.3, 0.4) is 0 Å². The molecule has 1 aromatic rings. The molecule has 0 amide bonds. The summed E-state index contributed by atoms with van der Waals surface area (Å²) in [5.41, 5.74) is -0.225. The molecular formula is C11H11FN2O3. The van der Waals surface area contributed by atoms with Crippen LogP contribution in [-0.2, 0) is 9.53 Å². The van der Waals surface area contributed by atoms with E-state index in [2.05, 4.69) is 9.97 Å². The molecule has 0 radical (unpaired) electrons. The van der Waals surface area contributed by atoms with Gasteiger partial charge in [0.05, 0.1) is 17.8 Å². The van der Waals surface area contributed by atoms with Gasteiger partial charge in [-0.05, 0) is 25.2 Å². The van der Waals surface area contributed by atoms with Crippen LogP contribution in [0.4, 0.5) is 4.39 Å². The van der Waals surface area contributed by atoms with Gasteiger partial charge < -0.3 is 9.47 Å². The van der Waals surface area contributed by atoms with Crippen molar-refractivity contribution in [3.8, 4) is 6.01 Å². The summed E-state index contributed by atoms with van der Waals surface area (Å²) in [4.78, 5) is 18.8. The second-order valence-electron chi connectivity index (χ2n) is 4.64. The van der Waals surface area contributed by atoms with Gasteiger partial charge in [-0.3, -0.25) is 4.79 Å². The summed E-state index contributed by atoms with van der Waals surface area (Å²) in [7, 11) is 0. The van der Waals surface area contributed by atoms with Gasteiger partial charge in [-0.2, -0.15) is 0 Å². The number of hydrogen-bond acceptors (Lipinski definition) is 5. The highest BCUT2D eigenvalue weighted by molar-refractivity contribution is 5.80. The fourth-order valence-corrected chi connectivity index (χ4v) is 2.39. The molecule has 2 bridgehead atoms. The van der Waals surface area contributed by atoms with Crippen LogP contribution < -0.4 is 4.74 Å². The summed E-state index contributed by atoms with van der Waals surface area (Å²) in [6, 6.07) is -0.00297. The van der Waals surface area contributed by atoms with Crippen molar-refractivity contribution in [3.05, 3.63) is 18.2 Å². The van der Waals surface area contributed by atoms with Crippen LogP contribution in [0, 0.1) is 17.2 Å². The normalized spacial score (nSPS) is 28.9. The number of carbonyl (C=O) groups is 1. The van der Waals surface area contributed by atoms with E-state index in [1.165, 1.54) is 0 Å². The average molecular weight is 238 g/mol. The van der Waals surface area contributed by atoms with Gasteiger partial charge >= 0.3 is 12.0 Å². The highest BCUT2D eigenvalue weighted by atomic mass is 19.1. The number of halogens is 1. The van der Waals surface area contributed by atoms with Crippen molar-refractivity contribution in [1.82, 2.24) is 9.97 Å². The minimum absolute atomic E-state index is 0.00297. The quantitative estimate of drug-likeness (QED) is 0.584. The van der Waals surface area contributed by atoms with Crippen LogP contribution in [0.5, 0.6) is 6.01 Å². The van der Waals surface area contributed by atoms with Crippen LogP contribution in [-0.4, -0.2) is 22.7 Å². The molecule has 0 spiro atoms. The molecule has 0 aromatic carbocycles. The Morgan fingerprint density at radius 1 is 1.41 bits per heavy atom. The molecule has 1 heterocycles. The molecule has 3 fully saturated rings. The lowest BCUT2D eigenvalue weighted by molar-refractivity contribution is -0.197. The predicted molar refractivity (Wildman–Crippen MR) is 53.4 cm³/mol. The molecule has 0 unspecified atom stereocenters. The van der Waals surface area contributed by atoms with Crippen LogP contribution in [0.1, 0.15) is 19.3 Å². The third kappa shape index (κ3) is 1.73. The van der Waals surface area contributed by atoms with Crippen LogP contribution in [0.2, 0.25) is 0 Å². The van der Waals surface area contributed by atoms with Crippen molar-refractivity contribution in [1.29, 1.82) is 0 Å². The van der Waals surface area contributed by atoms with Gasteiger partial charge in [-0.25, -0.2) is 14.4 Å². The van der Waals surface area contributed by atoms with E-state index in [0.29, 0.717) is 0 Å². The fourth-order valence-electron chi connectivity index (χ4n) is 2.39. The second-order valence-corrected chi connectivity index (χ2v) is 4.64. The minimum atomic E-state index is -0.539. The van der Waals surface area contributed by atoms with Crippen molar-refractivity contribution in [2.75, 3.05) is 6.79 Å². The molecule has 0 N–H and O–H groups in total. The second kappa shape index (κ2) is 3.65. The number of hydrogen-bond donors (Lipinski definition) is 0. The Labute approximate surface area is 97.0 Å². The largest absolute Gasteiger partial charge is 0.427 e. The first-order valence-corrected chi connectivity index (χ1v) is 5.46. The van der Waals surface area contributed by atoms with Crippen molar-refractivity contribution >= 4 is 5.97 Å². The third-order valence-corrected chi connectivity index (χ3v) is 3.45. The molecule has 1 aromatic heterocycles. The van der Waals surface area contributed by atoms with Gasteiger partial charge in [0.15, 0.2) is 5.82 Å². The zero-order chi connectivity index (χ0) is 11.9. The van der Waals surface area contributed by atoms with E-state index in [4.69, 9.17) is 9.47 Å². The molecule has 0 aliphatic heterocycles. The van der Waals surface area contributed by atoms with E-state index in [9.17, 15) is 9.18 Å². The van der Waals surface area contributed by atoms with Crippen LogP contribution in [0.25, 0.3) is 0 Å². The van der Waals surface area contributed by atoms with Gasteiger partial charge in [0.2, 0.25) is 6.79 Å². The Hall–Kier alpha value is -1.72. The van der Waals surface area contributed by atoms with E-state index >= 15 is 0 Å². The average Bonchev–Trinajstić information content (AvgIpc) is 2.16. The van der Waals surface area contributed by atoms with E-state index in [-0.39, 0.29) is 24.2 Å². The first-order chi connectivity index (χ1) is 8.18. The smallest absolute Gasteiger partial charge is 0.319 e. The predicted octanol–water partition coefficient (Wildman–Crippen LogP) is 1.30. The van der Waals surface area contributed by atoms with Gasteiger partial charge in [0.1, 0.15) is 0 Å². The number of ether oxygens (including phenoxy) is 2. The lowest BCUT2D eigenvalue weighted by atomic mass is 9.44. The third-order valence-electron chi connectivity index (χ3n) is 3.45. The maximum atomic E-state index is 12.5. The summed E-state index contributed by atoms with van der Waals surface area (Å²) < 4.78 is 22.5. The van der Waals surface area contributed by atoms with Crippen molar-refractivity contribution < 1.29 is 18.7 Å². The van der Waals surface area contributed by atoms with Gasteiger partial charge in [0, 0.05) is 0 Å². The molecule has 6 heteroatoms. The van der Waals surface area contributed by atoms with E-state index in [1.54, 1.807) is 0 Å². The highest BCUT2D eigenvalue weighted by Crippen LogP contribution is 2.64. The Kier molecular flexibility index (Phi) is 2.24.